The normalized spacial score (nSPS) is 12.1. The number of alkyl halides is 3. The summed E-state index contributed by atoms with van der Waals surface area (Å²) in [4.78, 5) is 0. The summed E-state index contributed by atoms with van der Waals surface area (Å²) in [5.74, 6) is -1.67. The first-order valence-electron chi connectivity index (χ1n) is 20.6. The topological polar surface area (TPSA) is 9.86 Å². The van der Waals surface area contributed by atoms with Crippen LogP contribution in [0.4, 0.5) is 22.0 Å². The van der Waals surface area contributed by atoms with E-state index < -0.39 is 23.4 Å². The lowest BCUT2D eigenvalue weighted by molar-refractivity contribution is -0.137. The van der Waals surface area contributed by atoms with Gasteiger partial charge in [-0.2, -0.15) is 13.2 Å². The van der Waals surface area contributed by atoms with Gasteiger partial charge in [0, 0.05) is 27.6 Å². The molecule has 0 atom stereocenters. The largest absolute Gasteiger partial charge is 0.420 e. The average molecular weight is 825 g/mol. The zero-order chi connectivity index (χ0) is 43.4. The van der Waals surface area contributed by atoms with Crippen LogP contribution in [0.3, 0.4) is 0 Å². The number of benzene rings is 8. The Morgan fingerprint density at radius 1 is 0.371 bits per heavy atom. The van der Waals surface area contributed by atoms with Gasteiger partial charge in [-0.05, 0) is 146 Å². The average Bonchev–Trinajstić information content (AvgIpc) is 3.71. The molecule has 0 bridgehead atoms. The van der Waals surface area contributed by atoms with Gasteiger partial charge in [0.2, 0.25) is 0 Å². The van der Waals surface area contributed by atoms with Crippen LogP contribution >= 0.6 is 0 Å². The Bertz CT molecular complexity index is 3230. The van der Waals surface area contributed by atoms with Crippen molar-refractivity contribution in [1.82, 2.24) is 9.13 Å². The Balaban J connectivity index is 1.38. The third-order valence-electron chi connectivity index (χ3n) is 12.3. The summed E-state index contributed by atoms with van der Waals surface area (Å²) in [5.41, 5.74) is 11.6. The monoisotopic (exact) mass is 824 g/mol. The van der Waals surface area contributed by atoms with E-state index in [0.29, 0.717) is 22.1 Å². The van der Waals surface area contributed by atoms with Gasteiger partial charge in [-0.15, -0.1) is 0 Å². The molecule has 2 aromatic heterocycles. The number of aryl methyl sites for hydroxylation is 6. The molecule has 2 heterocycles. The number of halogens is 5. The molecule has 2 nitrogen and oxygen atoms in total. The van der Waals surface area contributed by atoms with Crippen LogP contribution in [-0.2, 0) is 6.18 Å². The van der Waals surface area contributed by atoms with E-state index in [1.54, 1.807) is 9.13 Å². The summed E-state index contributed by atoms with van der Waals surface area (Å²) >= 11 is 0. The highest BCUT2D eigenvalue weighted by atomic mass is 19.4. The molecule has 10 rings (SSSR count). The molecule has 0 aliphatic carbocycles. The van der Waals surface area contributed by atoms with Crippen LogP contribution in [0.2, 0.25) is 0 Å². The van der Waals surface area contributed by atoms with Gasteiger partial charge in [-0.25, -0.2) is 8.78 Å². The maximum atomic E-state index is 16.6. The number of hydrogen-bond acceptors (Lipinski definition) is 0. The minimum Gasteiger partial charge on any atom is -0.309 e. The van der Waals surface area contributed by atoms with Crippen molar-refractivity contribution in [2.24, 2.45) is 0 Å². The molecule has 10 aromatic rings. The first-order valence-corrected chi connectivity index (χ1v) is 20.6. The minimum absolute atomic E-state index is 0.110. The summed E-state index contributed by atoms with van der Waals surface area (Å²) in [6.45, 7) is 12.3. The molecule has 7 heteroatoms. The predicted octanol–water partition coefficient (Wildman–Crippen LogP) is 16.0. The fourth-order valence-electron chi connectivity index (χ4n) is 10.2. The molecule has 0 aliphatic heterocycles. The molecular weight excluding hydrogens is 784 g/mol. The van der Waals surface area contributed by atoms with E-state index in [2.05, 4.69) is 24.3 Å². The van der Waals surface area contributed by atoms with Crippen LogP contribution in [0, 0.1) is 53.2 Å². The fourth-order valence-corrected chi connectivity index (χ4v) is 10.2. The number of fused-ring (bicyclic) bond motifs is 6. The van der Waals surface area contributed by atoms with Crippen molar-refractivity contribution in [3.05, 3.63) is 190 Å². The van der Waals surface area contributed by atoms with Gasteiger partial charge in [0.05, 0.1) is 33.4 Å². The van der Waals surface area contributed by atoms with E-state index in [9.17, 15) is 0 Å². The lowest BCUT2D eigenvalue weighted by Gasteiger charge is -2.23. The van der Waals surface area contributed by atoms with Crippen molar-refractivity contribution in [2.45, 2.75) is 47.7 Å². The molecule has 62 heavy (non-hydrogen) atoms. The molecule has 0 fully saturated rings. The van der Waals surface area contributed by atoms with Crippen LogP contribution in [0.15, 0.2) is 140 Å². The summed E-state index contributed by atoms with van der Waals surface area (Å²) in [6, 6.07) is 41.2. The van der Waals surface area contributed by atoms with Crippen LogP contribution in [-0.4, -0.2) is 9.13 Å². The van der Waals surface area contributed by atoms with Crippen LogP contribution in [0.25, 0.3) is 88.4 Å². The zero-order valence-electron chi connectivity index (χ0n) is 35.1. The highest BCUT2D eigenvalue weighted by Gasteiger charge is 2.39. The Kier molecular flexibility index (Phi) is 9.04. The van der Waals surface area contributed by atoms with E-state index in [4.69, 9.17) is 0 Å². The second kappa shape index (κ2) is 14.3. The lowest BCUT2D eigenvalue weighted by Crippen LogP contribution is -2.16. The highest BCUT2D eigenvalue weighted by molar-refractivity contribution is 6.12. The van der Waals surface area contributed by atoms with E-state index in [-0.39, 0.29) is 22.5 Å². The summed E-state index contributed by atoms with van der Waals surface area (Å²) in [7, 11) is 0. The fraction of sp³-hybridized carbons (Fsp3) is 0.127. The van der Waals surface area contributed by atoms with Crippen LogP contribution < -0.4 is 0 Å². The van der Waals surface area contributed by atoms with E-state index in [1.165, 1.54) is 24.3 Å². The van der Waals surface area contributed by atoms with Crippen LogP contribution in [0.5, 0.6) is 0 Å². The Labute approximate surface area is 356 Å². The van der Waals surface area contributed by atoms with Gasteiger partial charge in [0.1, 0.15) is 17.2 Å². The third kappa shape index (κ3) is 6.29. The molecule has 8 aromatic carbocycles. The second-order valence-electron chi connectivity index (χ2n) is 16.8. The van der Waals surface area contributed by atoms with Gasteiger partial charge in [0.15, 0.2) is 0 Å². The molecule has 0 spiro atoms. The smallest absolute Gasteiger partial charge is 0.309 e. The SMILES string of the molecule is Cc1cc(C)c(-c2ccc3c4ccccc4n(-c4cc(-c5cc(F)cc(F)c5)cc(-n5c6ccccc6c6ccc(-c7c(C)cc(C)cc7C)cc65)c4C(F)(F)F)c3c2)c(C)c1. The number of nitrogens with zero attached hydrogens (tertiary/aromatic N) is 2. The molecular formula is C55H41F5N2. The molecule has 0 amide bonds. The molecule has 0 radical (unpaired) electrons. The van der Waals surface area contributed by atoms with E-state index >= 15 is 22.0 Å². The Morgan fingerprint density at radius 2 is 0.742 bits per heavy atom. The highest BCUT2D eigenvalue weighted by Crippen LogP contribution is 2.47. The zero-order valence-corrected chi connectivity index (χ0v) is 35.1. The van der Waals surface area contributed by atoms with Gasteiger partial charge < -0.3 is 9.13 Å². The number of hydrogen-bond donors (Lipinski definition) is 0. The van der Waals surface area contributed by atoms with Gasteiger partial charge in [0.25, 0.3) is 0 Å². The van der Waals surface area contributed by atoms with Crippen molar-refractivity contribution in [3.63, 3.8) is 0 Å². The molecule has 0 unspecified atom stereocenters. The first-order chi connectivity index (χ1) is 29.7. The second-order valence-corrected chi connectivity index (χ2v) is 16.8. The van der Waals surface area contributed by atoms with Crippen molar-refractivity contribution < 1.29 is 22.0 Å². The maximum Gasteiger partial charge on any atom is 0.420 e. The van der Waals surface area contributed by atoms with Crippen LogP contribution in [0.1, 0.15) is 38.9 Å². The van der Waals surface area contributed by atoms with E-state index in [0.717, 1.165) is 83.2 Å². The lowest BCUT2D eigenvalue weighted by atomic mass is 9.93. The molecule has 0 N–H and O–H groups in total. The molecule has 0 aliphatic rings. The summed E-state index contributed by atoms with van der Waals surface area (Å²) in [6.07, 6.45) is -4.91. The quantitative estimate of drug-likeness (QED) is 0.153. The van der Waals surface area contributed by atoms with Gasteiger partial charge in [-0.3, -0.25) is 0 Å². The number of aromatic nitrogens is 2. The molecule has 0 saturated carbocycles. The van der Waals surface area contributed by atoms with E-state index in [1.807, 2.05) is 126 Å². The van der Waals surface area contributed by atoms with Gasteiger partial charge in [-0.1, -0.05) is 96.1 Å². The van der Waals surface area contributed by atoms with Crippen molar-refractivity contribution in [3.8, 4) is 44.8 Å². The molecule has 306 valence electrons. The first kappa shape index (κ1) is 39.2. The molecule has 0 saturated heterocycles. The van der Waals surface area contributed by atoms with Gasteiger partial charge >= 0.3 is 6.18 Å². The standard InChI is InChI=1S/C55H41F5N2/c1-30-19-32(3)52(33(4)20-30)36-15-17-44-42-11-7-9-13-46(42)61(48(44)25-36)50-27-39(38-23-40(56)29-41(57)24-38)28-51(54(50)55(58,59)60)62-47-14-10-8-12-43(47)45-18-16-37(26-49(45)62)53-34(5)21-31(2)22-35(53)6/h7-29H,1-6H3. The van der Waals surface area contributed by atoms with Crippen molar-refractivity contribution >= 4 is 43.6 Å². The Morgan fingerprint density at radius 3 is 1.15 bits per heavy atom. The predicted molar refractivity (Wildman–Crippen MR) is 245 cm³/mol. The summed E-state index contributed by atoms with van der Waals surface area (Å²) in [5, 5.41) is 3.09. The number of para-hydroxylation sites is 2. The number of rotatable bonds is 5. The van der Waals surface area contributed by atoms with Crippen molar-refractivity contribution in [2.75, 3.05) is 0 Å². The minimum atomic E-state index is -4.91. The van der Waals surface area contributed by atoms with Crippen molar-refractivity contribution in [1.29, 1.82) is 0 Å². The summed E-state index contributed by atoms with van der Waals surface area (Å²) < 4.78 is 83.4. The Hall–Kier alpha value is -6.99. The maximum absolute atomic E-state index is 16.6. The third-order valence-corrected chi connectivity index (χ3v) is 12.3.